The van der Waals surface area contributed by atoms with Gasteiger partial charge in [-0.15, -0.1) is 0 Å². The van der Waals surface area contributed by atoms with Crippen LogP contribution in [0.3, 0.4) is 0 Å². The molecule has 0 heterocycles. The van der Waals surface area contributed by atoms with Gasteiger partial charge in [-0.05, 0) is 118 Å². The molecule has 5 N–H and O–H groups in total. The summed E-state index contributed by atoms with van der Waals surface area (Å²) in [5.41, 5.74) is -4.60. The summed E-state index contributed by atoms with van der Waals surface area (Å²) < 4.78 is 0. The Morgan fingerprint density at radius 1 is 0.872 bits per heavy atom. The lowest BCUT2D eigenvalue weighted by molar-refractivity contribution is -0.234. The number of hydrogen-bond donors (Lipinski definition) is 5. The molecule has 0 aliphatic heterocycles. The number of carboxylic acids is 2. The van der Waals surface area contributed by atoms with Gasteiger partial charge in [-0.1, -0.05) is 20.8 Å². The van der Waals surface area contributed by atoms with E-state index in [4.69, 9.17) is 0 Å². The van der Waals surface area contributed by atoms with Gasteiger partial charge in [0.1, 0.15) is 5.60 Å². The van der Waals surface area contributed by atoms with Crippen molar-refractivity contribution in [2.24, 2.45) is 46.3 Å². The van der Waals surface area contributed by atoms with Crippen LogP contribution in [-0.2, 0) is 14.4 Å². The van der Waals surface area contributed by atoms with Gasteiger partial charge in [-0.25, -0.2) is 0 Å². The third kappa shape index (κ3) is 5.42. The molecule has 222 valence electrons. The van der Waals surface area contributed by atoms with Crippen LogP contribution in [0.4, 0.5) is 0 Å². The lowest BCUT2D eigenvalue weighted by Crippen LogP contribution is -2.65. The highest BCUT2D eigenvalue weighted by Crippen LogP contribution is 2.71. The van der Waals surface area contributed by atoms with Gasteiger partial charge < -0.3 is 25.5 Å². The molecule has 0 aromatic carbocycles. The Labute approximate surface area is 232 Å². The van der Waals surface area contributed by atoms with Gasteiger partial charge in [0, 0.05) is 6.42 Å². The van der Waals surface area contributed by atoms with Gasteiger partial charge in [0.25, 0.3) is 0 Å². The number of Topliss-reactive ketones (excluding diaryl/α,β-unsaturated/α-hetero) is 1. The maximum Gasteiger partial charge on any atom is 0.306 e. The molecule has 0 unspecified atom stereocenters. The minimum absolute atomic E-state index is 0.0321. The molecule has 0 aromatic heterocycles. The highest BCUT2D eigenvalue weighted by atomic mass is 16.4. The molecule has 4 rings (SSSR count). The first-order chi connectivity index (χ1) is 17.8. The summed E-state index contributed by atoms with van der Waals surface area (Å²) in [5, 5.41) is 52.6. The van der Waals surface area contributed by atoms with Crippen molar-refractivity contribution in [1.29, 1.82) is 0 Å². The Hall–Kier alpha value is -1.51. The van der Waals surface area contributed by atoms with Crippen LogP contribution in [0, 0.1) is 46.3 Å². The molecule has 4 saturated carbocycles. The largest absolute Gasteiger partial charge is 0.481 e. The first-order valence-corrected chi connectivity index (χ1v) is 15.0. The van der Waals surface area contributed by atoms with E-state index in [9.17, 15) is 39.9 Å². The molecule has 0 saturated heterocycles. The summed E-state index contributed by atoms with van der Waals surface area (Å²) in [6.45, 7) is 9.80. The van der Waals surface area contributed by atoms with E-state index in [-0.39, 0.29) is 34.9 Å². The number of carbonyl (C=O) groups is 3. The van der Waals surface area contributed by atoms with Crippen LogP contribution in [0.15, 0.2) is 0 Å². The van der Waals surface area contributed by atoms with E-state index in [1.165, 1.54) is 13.8 Å². The summed E-state index contributed by atoms with van der Waals surface area (Å²) in [6, 6.07) is 0. The van der Waals surface area contributed by atoms with E-state index in [2.05, 4.69) is 20.8 Å². The maximum atomic E-state index is 12.4. The number of carbonyl (C=O) groups excluding carboxylic acids is 1. The molecule has 0 radical (unpaired) electrons. The van der Waals surface area contributed by atoms with E-state index in [1.54, 1.807) is 0 Å². The van der Waals surface area contributed by atoms with Gasteiger partial charge in [-0.3, -0.25) is 14.4 Å². The lowest BCUT2D eigenvalue weighted by Gasteiger charge is -2.66. The predicted octanol–water partition coefficient (Wildman–Crippen LogP) is 4.42. The second-order valence-corrected chi connectivity index (χ2v) is 15.0. The zero-order valence-corrected chi connectivity index (χ0v) is 24.4. The van der Waals surface area contributed by atoms with E-state index in [0.29, 0.717) is 43.4 Å². The van der Waals surface area contributed by atoms with E-state index >= 15 is 0 Å². The highest BCUT2D eigenvalue weighted by Gasteiger charge is 2.67. The van der Waals surface area contributed by atoms with E-state index in [0.717, 1.165) is 32.1 Å². The Kier molecular flexibility index (Phi) is 7.88. The minimum atomic E-state index is -1.50. The molecule has 4 aliphatic carbocycles. The van der Waals surface area contributed by atoms with Crippen LogP contribution >= 0.6 is 0 Å². The Balaban J connectivity index is 1.60. The van der Waals surface area contributed by atoms with Gasteiger partial charge in [0.15, 0.2) is 5.78 Å². The van der Waals surface area contributed by atoms with Crippen molar-refractivity contribution in [3.8, 4) is 0 Å². The highest BCUT2D eigenvalue weighted by molar-refractivity contribution is 5.86. The van der Waals surface area contributed by atoms with Crippen molar-refractivity contribution >= 4 is 17.7 Å². The second kappa shape index (κ2) is 10.1. The summed E-state index contributed by atoms with van der Waals surface area (Å²) in [6.07, 6.45) is 5.74. The number of carboxylic acid groups (broad SMARTS) is 2. The third-order valence-electron chi connectivity index (χ3n) is 12.2. The quantitative estimate of drug-likeness (QED) is 0.283. The van der Waals surface area contributed by atoms with Crippen LogP contribution in [0.5, 0.6) is 0 Å². The smallest absolute Gasteiger partial charge is 0.306 e. The van der Waals surface area contributed by atoms with Crippen molar-refractivity contribution in [2.75, 3.05) is 0 Å². The molecular formula is C31H50O8. The van der Waals surface area contributed by atoms with E-state index < -0.39 is 47.5 Å². The number of fused-ring (bicyclic) bond motifs is 5. The molecule has 8 nitrogen and oxygen atoms in total. The molecule has 0 bridgehead atoms. The summed E-state index contributed by atoms with van der Waals surface area (Å²) in [5.74, 6) is -1.25. The van der Waals surface area contributed by atoms with Crippen LogP contribution in [0.2, 0.25) is 0 Å². The zero-order valence-electron chi connectivity index (χ0n) is 24.4. The van der Waals surface area contributed by atoms with Gasteiger partial charge in [-0.2, -0.15) is 0 Å². The summed E-state index contributed by atoms with van der Waals surface area (Å²) >= 11 is 0. The average Bonchev–Trinajstić information content (AvgIpc) is 3.14. The Morgan fingerprint density at radius 2 is 1.49 bits per heavy atom. The van der Waals surface area contributed by atoms with Gasteiger partial charge >= 0.3 is 11.9 Å². The molecule has 10 atom stereocenters. The number of aliphatic hydroxyl groups is 3. The molecular weight excluding hydrogens is 500 g/mol. The van der Waals surface area contributed by atoms with Crippen molar-refractivity contribution in [3.05, 3.63) is 0 Å². The zero-order chi connectivity index (χ0) is 29.2. The van der Waals surface area contributed by atoms with Gasteiger partial charge in [0.05, 0.1) is 24.0 Å². The molecule has 0 spiro atoms. The monoisotopic (exact) mass is 550 g/mol. The first-order valence-electron chi connectivity index (χ1n) is 15.0. The van der Waals surface area contributed by atoms with Crippen molar-refractivity contribution in [1.82, 2.24) is 0 Å². The first kappa shape index (κ1) is 30.4. The third-order valence-corrected chi connectivity index (χ3v) is 12.2. The fourth-order valence-electron chi connectivity index (χ4n) is 10.3. The SMILES string of the molecule is C[C@H](CCC(=O)C(C)(C)O)[C@H]1CC[C@H]2[C@@H]3C[C@@](O)(CC(=O)O)[C@@H]4C[C@@](O)(CC(=O)O)CC[C@]4(C)[C@H]3CC[C@]12C. The predicted molar refractivity (Wildman–Crippen MR) is 145 cm³/mol. The lowest BCUT2D eigenvalue weighted by atomic mass is 9.40. The van der Waals surface area contributed by atoms with Crippen molar-refractivity contribution < 1.29 is 39.9 Å². The molecule has 8 heteroatoms. The minimum Gasteiger partial charge on any atom is -0.481 e. The molecule has 4 fully saturated rings. The van der Waals surface area contributed by atoms with Crippen LogP contribution in [0.25, 0.3) is 0 Å². The average molecular weight is 551 g/mol. The van der Waals surface area contributed by atoms with Crippen molar-refractivity contribution in [2.45, 2.75) is 128 Å². The van der Waals surface area contributed by atoms with Crippen LogP contribution in [-0.4, -0.2) is 60.1 Å². The molecule has 0 amide bonds. The number of hydrogen-bond acceptors (Lipinski definition) is 6. The fraction of sp³-hybridized carbons (Fsp3) is 0.903. The summed E-state index contributed by atoms with van der Waals surface area (Å²) in [7, 11) is 0. The normalized spacial score (nSPS) is 44.6. The maximum absolute atomic E-state index is 12.4. The molecule has 39 heavy (non-hydrogen) atoms. The number of rotatable bonds is 9. The second-order valence-electron chi connectivity index (χ2n) is 15.0. The number of aliphatic carboxylic acids is 2. The van der Waals surface area contributed by atoms with E-state index in [1.807, 2.05) is 0 Å². The van der Waals surface area contributed by atoms with Crippen LogP contribution < -0.4 is 0 Å². The summed E-state index contributed by atoms with van der Waals surface area (Å²) in [4.78, 5) is 35.9. The number of ketones is 1. The fourth-order valence-corrected chi connectivity index (χ4v) is 10.3. The van der Waals surface area contributed by atoms with Crippen LogP contribution in [0.1, 0.15) is 112 Å². The topological polar surface area (TPSA) is 152 Å². The standard InChI is InChI=1S/C31H50O8/c1-18(6-9-24(32)27(2,3)37)20-7-8-21-19-14-31(39,17-26(35)36)23-15-30(38,16-25(33)34)13-12-29(23,5)22(19)10-11-28(20,21)4/h18-23,37-39H,6-17H2,1-5H3,(H,33,34)(H,35,36)/t18-,19+,20-,21+,22+,23-,28-,29-,30-,31-/m1/s1. The molecule has 0 aromatic rings. The Bertz CT molecular complexity index is 988. The van der Waals surface area contributed by atoms with Gasteiger partial charge in [0.2, 0.25) is 0 Å². The molecule has 4 aliphatic rings. The van der Waals surface area contributed by atoms with Crippen molar-refractivity contribution in [3.63, 3.8) is 0 Å². The Morgan fingerprint density at radius 3 is 2.08 bits per heavy atom.